The van der Waals surface area contributed by atoms with Gasteiger partial charge in [0.05, 0.1) is 33.8 Å². The molecule has 1 N–H and O–H groups in total. The lowest BCUT2D eigenvalue weighted by Crippen LogP contribution is -2.16. The van der Waals surface area contributed by atoms with Gasteiger partial charge in [-0.15, -0.1) is 22.7 Å². The Morgan fingerprint density at radius 3 is 2.53 bits per heavy atom. The Morgan fingerprint density at radius 2 is 1.84 bits per heavy atom. The van der Waals surface area contributed by atoms with E-state index in [1.54, 1.807) is 18.3 Å². The Balaban J connectivity index is 1.79. The van der Waals surface area contributed by atoms with Crippen LogP contribution in [0.3, 0.4) is 0 Å². The van der Waals surface area contributed by atoms with Gasteiger partial charge in [0.15, 0.2) is 0 Å². The topological polar surface area (TPSA) is 68.3 Å². The number of rotatable bonds is 6. The van der Waals surface area contributed by atoms with Crippen molar-refractivity contribution in [2.24, 2.45) is 0 Å². The molecule has 1 aromatic carbocycles. The fourth-order valence-corrected chi connectivity index (χ4v) is 5.70. The molecule has 0 aliphatic carbocycles. The van der Waals surface area contributed by atoms with Crippen molar-refractivity contribution in [2.75, 3.05) is 11.9 Å². The van der Waals surface area contributed by atoms with Crippen LogP contribution in [0, 0.1) is 13.8 Å². The number of nitrogens with zero attached hydrogens (tertiary/aromatic N) is 1. The van der Waals surface area contributed by atoms with Gasteiger partial charge in [0.2, 0.25) is 0 Å². The van der Waals surface area contributed by atoms with Gasteiger partial charge in [-0.2, -0.15) is 0 Å². The van der Waals surface area contributed by atoms with Crippen molar-refractivity contribution in [1.29, 1.82) is 0 Å². The van der Waals surface area contributed by atoms with Crippen molar-refractivity contribution < 1.29 is 14.3 Å². The number of anilines is 1. The van der Waals surface area contributed by atoms with Crippen molar-refractivity contribution in [3.05, 3.63) is 68.9 Å². The maximum absolute atomic E-state index is 13.5. The van der Waals surface area contributed by atoms with Crippen LogP contribution in [0.25, 0.3) is 21.5 Å². The first-order valence-corrected chi connectivity index (χ1v) is 12.1. The standard InChI is InChI=1S/C25H24N2O3S2/c1-5-16-15(4)32-24(22(16)25(29)30-6-2)27-23(28)18-13-20(21-12-11-14(3)31-21)26-19-10-8-7-9-17(18)19/h7-13H,5-6H2,1-4H3,(H,27,28). The van der Waals surface area contributed by atoms with Gasteiger partial charge in [-0.05, 0) is 57.0 Å². The minimum Gasteiger partial charge on any atom is -0.462 e. The molecule has 4 rings (SSSR count). The summed E-state index contributed by atoms with van der Waals surface area (Å²) >= 11 is 3.05. The van der Waals surface area contributed by atoms with Gasteiger partial charge < -0.3 is 10.1 Å². The number of carbonyl (C=O) groups is 2. The van der Waals surface area contributed by atoms with Crippen LogP contribution in [0.15, 0.2) is 42.5 Å². The van der Waals surface area contributed by atoms with E-state index in [-0.39, 0.29) is 12.5 Å². The molecule has 0 unspecified atom stereocenters. The van der Waals surface area contributed by atoms with E-state index in [0.29, 0.717) is 22.5 Å². The molecule has 32 heavy (non-hydrogen) atoms. The predicted octanol–water partition coefficient (Wildman–Crippen LogP) is 6.63. The minimum absolute atomic E-state index is 0.271. The number of aryl methyl sites for hydroxylation is 2. The van der Waals surface area contributed by atoms with Gasteiger partial charge >= 0.3 is 5.97 Å². The van der Waals surface area contributed by atoms with Gasteiger partial charge in [0, 0.05) is 15.1 Å². The highest BCUT2D eigenvalue weighted by Crippen LogP contribution is 2.35. The fraction of sp³-hybridized carbons (Fsp3) is 0.240. The van der Waals surface area contributed by atoms with Gasteiger partial charge in [0.25, 0.3) is 5.91 Å². The number of para-hydroxylation sites is 1. The largest absolute Gasteiger partial charge is 0.462 e. The van der Waals surface area contributed by atoms with E-state index in [1.165, 1.54) is 16.2 Å². The highest BCUT2D eigenvalue weighted by Gasteiger charge is 2.24. The fourth-order valence-electron chi connectivity index (χ4n) is 3.74. The van der Waals surface area contributed by atoms with Gasteiger partial charge in [-0.3, -0.25) is 4.79 Å². The van der Waals surface area contributed by atoms with Gasteiger partial charge in [-0.25, -0.2) is 9.78 Å². The number of hydrogen-bond donors (Lipinski definition) is 1. The second-order valence-corrected chi connectivity index (χ2v) is 9.86. The van der Waals surface area contributed by atoms with E-state index >= 15 is 0 Å². The number of esters is 1. The number of thiophene rings is 2. The molecule has 0 fully saturated rings. The number of ether oxygens (including phenoxy) is 1. The van der Waals surface area contributed by atoms with Crippen molar-refractivity contribution in [1.82, 2.24) is 4.98 Å². The predicted molar refractivity (Wildman–Crippen MR) is 132 cm³/mol. The maximum atomic E-state index is 13.5. The highest BCUT2D eigenvalue weighted by atomic mass is 32.1. The smallest absolute Gasteiger partial charge is 0.341 e. The van der Waals surface area contributed by atoms with Crippen LogP contribution in [0.4, 0.5) is 5.00 Å². The third-order valence-corrected chi connectivity index (χ3v) is 7.31. The Labute approximate surface area is 195 Å². The van der Waals surface area contributed by atoms with Crippen LogP contribution in [0.5, 0.6) is 0 Å². The van der Waals surface area contributed by atoms with E-state index in [1.807, 2.05) is 63.2 Å². The van der Waals surface area contributed by atoms with Gasteiger partial charge in [0.1, 0.15) is 5.00 Å². The lowest BCUT2D eigenvalue weighted by molar-refractivity contribution is 0.0527. The molecule has 0 saturated carbocycles. The molecule has 0 aliphatic rings. The van der Waals surface area contributed by atoms with Crippen LogP contribution < -0.4 is 5.32 Å². The van der Waals surface area contributed by atoms with E-state index in [0.717, 1.165) is 31.9 Å². The number of amides is 1. The minimum atomic E-state index is -0.404. The molecular weight excluding hydrogens is 440 g/mol. The lowest BCUT2D eigenvalue weighted by Gasteiger charge is -2.11. The number of fused-ring (bicyclic) bond motifs is 1. The maximum Gasteiger partial charge on any atom is 0.341 e. The van der Waals surface area contributed by atoms with Gasteiger partial charge in [-0.1, -0.05) is 25.1 Å². The number of carbonyl (C=O) groups excluding carboxylic acids is 2. The van der Waals surface area contributed by atoms with Crippen LogP contribution in [0.1, 0.15) is 49.9 Å². The molecule has 5 nitrogen and oxygen atoms in total. The first-order chi connectivity index (χ1) is 15.4. The average Bonchev–Trinajstić information content (AvgIpc) is 3.35. The average molecular weight is 465 g/mol. The molecule has 3 aromatic heterocycles. The molecule has 3 heterocycles. The first kappa shape index (κ1) is 22.2. The normalized spacial score (nSPS) is 11.0. The molecule has 7 heteroatoms. The molecule has 0 bridgehead atoms. The summed E-state index contributed by atoms with van der Waals surface area (Å²) in [5.41, 5.74) is 3.41. The van der Waals surface area contributed by atoms with Crippen molar-refractivity contribution in [2.45, 2.75) is 34.1 Å². The second-order valence-electron chi connectivity index (χ2n) is 7.35. The van der Waals surface area contributed by atoms with Crippen molar-refractivity contribution in [3.63, 3.8) is 0 Å². The zero-order valence-electron chi connectivity index (χ0n) is 18.4. The molecule has 0 spiro atoms. The third kappa shape index (κ3) is 4.18. The summed E-state index contributed by atoms with van der Waals surface area (Å²) in [6.45, 7) is 8.06. The van der Waals surface area contributed by atoms with Crippen LogP contribution >= 0.6 is 22.7 Å². The summed E-state index contributed by atoms with van der Waals surface area (Å²) in [4.78, 5) is 34.1. The number of nitrogens with one attached hydrogen (secondary N) is 1. The zero-order valence-corrected chi connectivity index (χ0v) is 20.1. The molecule has 1 amide bonds. The van der Waals surface area contributed by atoms with Crippen LogP contribution in [-0.4, -0.2) is 23.5 Å². The molecular formula is C25H24N2O3S2. The van der Waals surface area contributed by atoms with Crippen molar-refractivity contribution >= 4 is 50.5 Å². The number of benzene rings is 1. The Morgan fingerprint density at radius 1 is 1.06 bits per heavy atom. The molecule has 0 aliphatic heterocycles. The summed E-state index contributed by atoms with van der Waals surface area (Å²) in [6.07, 6.45) is 0.687. The van der Waals surface area contributed by atoms with E-state index in [2.05, 4.69) is 5.32 Å². The summed E-state index contributed by atoms with van der Waals surface area (Å²) < 4.78 is 5.27. The first-order valence-electron chi connectivity index (χ1n) is 10.5. The summed E-state index contributed by atoms with van der Waals surface area (Å²) in [6, 6.07) is 13.5. The molecule has 4 aromatic rings. The third-order valence-electron chi connectivity index (χ3n) is 5.22. The van der Waals surface area contributed by atoms with Crippen molar-refractivity contribution in [3.8, 4) is 10.6 Å². The number of hydrogen-bond acceptors (Lipinski definition) is 6. The van der Waals surface area contributed by atoms with Crippen LogP contribution in [-0.2, 0) is 11.2 Å². The Kier molecular flexibility index (Phi) is 6.39. The molecule has 0 saturated heterocycles. The molecule has 0 atom stereocenters. The van der Waals surface area contributed by atoms with Crippen LogP contribution in [0.2, 0.25) is 0 Å². The highest BCUT2D eigenvalue weighted by molar-refractivity contribution is 7.17. The monoisotopic (exact) mass is 464 g/mol. The Bertz CT molecular complexity index is 1320. The zero-order chi connectivity index (χ0) is 22.8. The van der Waals surface area contributed by atoms with E-state index in [9.17, 15) is 9.59 Å². The summed E-state index contributed by atoms with van der Waals surface area (Å²) in [7, 11) is 0. The number of aromatic nitrogens is 1. The summed E-state index contributed by atoms with van der Waals surface area (Å²) in [5, 5.41) is 4.28. The molecule has 164 valence electrons. The molecule has 0 radical (unpaired) electrons. The van der Waals surface area contributed by atoms with E-state index < -0.39 is 5.97 Å². The quantitative estimate of drug-likeness (QED) is 0.325. The lowest BCUT2D eigenvalue weighted by atomic mass is 10.1. The SMILES string of the molecule is CCOC(=O)c1c(NC(=O)c2cc(-c3ccc(C)s3)nc3ccccc23)sc(C)c1CC. The second kappa shape index (κ2) is 9.22. The Hall–Kier alpha value is -3.03. The summed E-state index contributed by atoms with van der Waals surface area (Å²) in [5.74, 6) is -0.675. The van der Waals surface area contributed by atoms with E-state index in [4.69, 9.17) is 9.72 Å². The number of pyridine rings is 1.